The number of hydrogen-bond donors (Lipinski definition) is 2. The minimum atomic E-state index is -0.660. The molecule has 322 valence electrons. The third kappa shape index (κ3) is 9.17. The van der Waals surface area contributed by atoms with Gasteiger partial charge in [0.25, 0.3) is 5.91 Å². The van der Waals surface area contributed by atoms with Crippen molar-refractivity contribution in [3.05, 3.63) is 95.1 Å². The van der Waals surface area contributed by atoms with E-state index in [2.05, 4.69) is 44.8 Å². The van der Waals surface area contributed by atoms with Crippen LogP contribution < -0.4 is 15.4 Å². The summed E-state index contributed by atoms with van der Waals surface area (Å²) in [5.74, 6) is 0.388. The van der Waals surface area contributed by atoms with Crippen molar-refractivity contribution in [2.45, 2.75) is 76.1 Å². The zero-order chi connectivity index (χ0) is 42.7. The van der Waals surface area contributed by atoms with E-state index in [-0.39, 0.29) is 48.1 Å². The second-order valence-corrected chi connectivity index (χ2v) is 17.5. The minimum absolute atomic E-state index is 0.0627. The van der Waals surface area contributed by atoms with Gasteiger partial charge in [0, 0.05) is 88.2 Å². The molecule has 4 fully saturated rings. The van der Waals surface area contributed by atoms with Gasteiger partial charge in [-0.25, -0.2) is 9.97 Å². The maximum absolute atomic E-state index is 13.8. The molecule has 1 aromatic heterocycles. The second-order valence-electron chi connectivity index (χ2n) is 17.1. The van der Waals surface area contributed by atoms with Crippen molar-refractivity contribution in [3.63, 3.8) is 0 Å². The summed E-state index contributed by atoms with van der Waals surface area (Å²) in [6, 6.07) is 23.2. The molecular weight excluding hydrogens is 808 g/mol. The fourth-order valence-corrected chi connectivity index (χ4v) is 9.76. The summed E-state index contributed by atoms with van der Waals surface area (Å²) in [7, 11) is 0. The molecule has 0 radical (unpaired) electrons. The SMILES string of the molecule is O=C1CCC(N2Cc3cc(OC4CCN(C(=O)CN5CCN(C(=O)C6CCCC(Nc7ncc(Cl)c(-c8cccc(-c9ccccc9)c8)n7)C6)CC5)CC4)ccc3C2=O)C(=O)N1. The summed E-state index contributed by atoms with van der Waals surface area (Å²) < 4.78 is 6.32. The maximum Gasteiger partial charge on any atom is 0.255 e. The van der Waals surface area contributed by atoms with E-state index >= 15 is 0 Å². The van der Waals surface area contributed by atoms with Crippen molar-refractivity contribution in [1.29, 1.82) is 0 Å². The van der Waals surface area contributed by atoms with Crippen LogP contribution in [0.5, 0.6) is 5.75 Å². The molecule has 3 unspecified atom stereocenters. The molecule has 9 rings (SSSR count). The van der Waals surface area contributed by atoms with Crippen LogP contribution in [0.3, 0.4) is 0 Å². The van der Waals surface area contributed by atoms with Crippen LogP contribution in [0.2, 0.25) is 5.02 Å². The standard InChI is InChI=1S/C47H51ClN8O6/c48-39-27-49-47(52-43(39)32-9-4-8-31(24-32)30-6-2-1-3-7-30)50-35-11-5-10-33(25-35)45(60)55-22-20-53(21-23-55)29-42(58)54-18-16-36(17-19-54)62-37-12-13-38-34(26-37)28-56(46(38)61)40-14-15-41(57)51-44(40)59/h1-4,6-9,12-13,24,26-27,33,35-36,40H,5,10-11,14-23,25,28-29H2,(H,49,50,52)(H,51,57,59). The van der Waals surface area contributed by atoms with Gasteiger partial charge in [-0.15, -0.1) is 0 Å². The van der Waals surface area contributed by atoms with Crippen molar-refractivity contribution in [3.8, 4) is 28.1 Å². The van der Waals surface area contributed by atoms with E-state index in [4.69, 9.17) is 21.3 Å². The molecule has 5 amide bonds. The molecular formula is C47H51ClN8O6. The number of carbonyl (C=O) groups is 5. The molecule has 15 heteroatoms. The molecule has 4 aliphatic heterocycles. The normalized spacial score (nSPS) is 22.3. The Labute approximate surface area is 365 Å². The number of piperidine rings is 2. The van der Waals surface area contributed by atoms with Crippen LogP contribution in [0.25, 0.3) is 22.4 Å². The molecule has 3 atom stereocenters. The largest absolute Gasteiger partial charge is 0.490 e. The van der Waals surface area contributed by atoms with Crippen molar-refractivity contribution >= 4 is 47.1 Å². The number of rotatable bonds is 10. The van der Waals surface area contributed by atoms with Crippen LogP contribution in [0, 0.1) is 5.92 Å². The third-order valence-corrected chi connectivity index (χ3v) is 13.3. The van der Waals surface area contributed by atoms with E-state index in [0.29, 0.717) is 106 Å². The number of benzene rings is 3. The number of ether oxygens (including phenoxy) is 1. The molecule has 3 saturated heterocycles. The smallest absolute Gasteiger partial charge is 0.255 e. The average Bonchev–Trinajstić information content (AvgIpc) is 3.62. The van der Waals surface area contributed by atoms with Gasteiger partial charge >= 0.3 is 0 Å². The van der Waals surface area contributed by atoms with Crippen LogP contribution in [0.4, 0.5) is 5.95 Å². The first-order chi connectivity index (χ1) is 30.1. The van der Waals surface area contributed by atoms with Gasteiger partial charge in [-0.1, -0.05) is 66.6 Å². The Kier molecular flexibility index (Phi) is 12.2. The van der Waals surface area contributed by atoms with E-state index in [1.54, 1.807) is 18.3 Å². The molecule has 1 aliphatic carbocycles. The number of piperazine rings is 1. The summed E-state index contributed by atoms with van der Waals surface area (Å²) in [5, 5.41) is 6.32. The van der Waals surface area contributed by atoms with Gasteiger partial charge in [0.15, 0.2) is 0 Å². The van der Waals surface area contributed by atoms with Gasteiger partial charge < -0.3 is 24.8 Å². The van der Waals surface area contributed by atoms with Crippen LogP contribution in [0.15, 0.2) is 79.0 Å². The van der Waals surface area contributed by atoms with Gasteiger partial charge in [-0.05, 0) is 66.6 Å². The highest BCUT2D eigenvalue weighted by Gasteiger charge is 2.39. The van der Waals surface area contributed by atoms with E-state index in [9.17, 15) is 24.0 Å². The van der Waals surface area contributed by atoms with Crippen molar-refractivity contribution in [2.24, 2.45) is 5.92 Å². The highest BCUT2D eigenvalue weighted by atomic mass is 35.5. The molecule has 5 aliphatic rings. The Bertz CT molecular complexity index is 2350. The molecule has 2 N–H and O–H groups in total. The van der Waals surface area contributed by atoms with Crippen molar-refractivity contribution < 1.29 is 28.7 Å². The van der Waals surface area contributed by atoms with E-state index in [0.717, 1.165) is 41.5 Å². The lowest BCUT2D eigenvalue weighted by molar-refractivity contribution is -0.140. The number of fused-ring (bicyclic) bond motifs is 1. The first kappa shape index (κ1) is 41.5. The number of hydrogen-bond acceptors (Lipinski definition) is 10. The summed E-state index contributed by atoms with van der Waals surface area (Å²) in [5.41, 5.74) is 5.11. The number of nitrogens with zero attached hydrogens (tertiary/aromatic N) is 6. The summed E-state index contributed by atoms with van der Waals surface area (Å²) >= 11 is 6.62. The molecule has 0 bridgehead atoms. The van der Waals surface area contributed by atoms with E-state index < -0.39 is 11.9 Å². The van der Waals surface area contributed by atoms with Gasteiger partial charge in [0.05, 0.1) is 23.5 Å². The molecule has 4 aromatic rings. The lowest BCUT2D eigenvalue weighted by Gasteiger charge is -2.39. The fourth-order valence-electron chi connectivity index (χ4n) is 9.56. The predicted molar refractivity (Wildman–Crippen MR) is 233 cm³/mol. The number of imide groups is 1. The Morgan fingerprint density at radius 2 is 1.60 bits per heavy atom. The summed E-state index contributed by atoms with van der Waals surface area (Å²) in [4.78, 5) is 81.2. The summed E-state index contributed by atoms with van der Waals surface area (Å²) in [6.07, 6.45) is 6.90. The van der Waals surface area contributed by atoms with Crippen molar-refractivity contribution in [2.75, 3.05) is 51.1 Å². The predicted octanol–water partition coefficient (Wildman–Crippen LogP) is 5.41. The third-order valence-electron chi connectivity index (χ3n) is 13.0. The number of aromatic nitrogens is 2. The maximum atomic E-state index is 13.8. The topological polar surface area (TPSA) is 157 Å². The summed E-state index contributed by atoms with van der Waals surface area (Å²) in [6.45, 7) is 4.30. The van der Waals surface area contributed by atoms with Crippen LogP contribution in [0.1, 0.15) is 67.3 Å². The molecule has 14 nitrogen and oxygen atoms in total. The van der Waals surface area contributed by atoms with Crippen molar-refractivity contribution in [1.82, 2.24) is 34.9 Å². The quantitative estimate of drug-likeness (QED) is 0.198. The number of nitrogens with one attached hydrogen (secondary N) is 2. The molecule has 3 aromatic carbocycles. The van der Waals surface area contributed by atoms with Crippen LogP contribution in [-0.2, 0) is 25.7 Å². The number of halogens is 1. The zero-order valence-electron chi connectivity index (χ0n) is 34.6. The first-order valence-corrected chi connectivity index (χ1v) is 22.2. The van der Waals surface area contributed by atoms with Gasteiger partial charge in [0.1, 0.15) is 17.9 Å². The molecule has 0 spiro atoms. The fraction of sp³-hybridized carbons (Fsp3) is 0.426. The van der Waals surface area contributed by atoms with Crippen LogP contribution >= 0.6 is 11.6 Å². The van der Waals surface area contributed by atoms with Crippen LogP contribution in [-0.4, -0.2) is 123 Å². The zero-order valence-corrected chi connectivity index (χ0v) is 35.4. The highest BCUT2D eigenvalue weighted by molar-refractivity contribution is 6.33. The highest BCUT2D eigenvalue weighted by Crippen LogP contribution is 2.34. The Balaban J connectivity index is 0.711. The first-order valence-electron chi connectivity index (χ1n) is 21.8. The number of anilines is 1. The Morgan fingerprint density at radius 1 is 0.823 bits per heavy atom. The minimum Gasteiger partial charge on any atom is -0.490 e. The Hall–Kier alpha value is -5.86. The number of amides is 5. The number of likely N-dealkylation sites (tertiary alicyclic amines) is 1. The number of carbonyl (C=O) groups excluding carboxylic acids is 5. The van der Waals surface area contributed by atoms with E-state index in [1.807, 2.05) is 46.2 Å². The lowest BCUT2D eigenvalue weighted by Crippen LogP contribution is -2.54. The molecule has 5 heterocycles. The van der Waals surface area contributed by atoms with E-state index in [1.165, 1.54) is 4.90 Å². The molecule has 1 saturated carbocycles. The lowest BCUT2D eigenvalue weighted by atomic mass is 9.84. The van der Waals surface area contributed by atoms with Gasteiger partial charge in [-0.3, -0.25) is 34.2 Å². The average molecular weight is 859 g/mol. The monoisotopic (exact) mass is 858 g/mol. The molecule has 62 heavy (non-hydrogen) atoms. The van der Waals surface area contributed by atoms with Gasteiger partial charge in [-0.2, -0.15) is 0 Å². The van der Waals surface area contributed by atoms with Gasteiger partial charge in [0.2, 0.25) is 29.6 Å². The Morgan fingerprint density at radius 3 is 2.39 bits per heavy atom. The second kappa shape index (κ2) is 18.2.